The Balaban J connectivity index is 0.000000153. The van der Waals surface area contributed by atoms with E-state index in [2.05, 4.69) is 41.5 Å². The Morgan fingerprint density at radius 1 is 0.774 bits per heavy atom. The number of hydrogen-bond donors (Lipinski definition) is 4. The standard InChI is InChI=1S/C15H22O3.C15H24O3.C15H22O2/c1-10-6-12(17)7-11-4-5-15(8-13(10,11)2)14(3,9-16)18-15;1-10-6-13(17)7-11-4-5-12(8-14(10,11)2)15(3,18)9-16;1-10(9-16)12-4-5-13-7-14(17)6-11(2)15(13,3)8-12/h7,10,16H,4-6,8-9H2,1-3H3;7,10,12,16,18H,4-6,8-9H2,1-3H3;7,11,16H,4-6,8-9H2,1-3H3/b;;12-10+/t10-,13+,14?,15?;10-,12?,14+,15?;11-,15+/m111/s1. The first-order valence-electron chi connectivity index (χ1n) is 20.3. The minimum absolute atomic E-state index is 0.00991. The number of carbonyl (C=O) groups excluding carboxylic acids is 3. The van der Waals surface area contributed by atoms with Crippen LogP contribution in [-0.4, -0.2) is 74.4 Å². The molecule has 53 heavy (non-hydrogen) atoms. The minimum atomic E-state index is -1.00. The normalized spacial score (nSPS) is 42.5. The fourth-order valence-corrected chi connectivity index (χ4v) is 10.8. The van der Waals surface area contributed by atoms with E-state index in [0.29, 0.717) is 37.0 Å². The van der Waals surface area contributed by atoms with Crippen molar-refractivity contribution in [3.05, 3.63) is 46.1 Å². The van der Waals surface area contributed by atoms with Crippen LogP contribution in [0.1, 0.15) is 139 Å². The van der Waals surface area contributed by atoms with Crippen LogP contribution in [0.4, 0.5) is 0 Å². The molecule has 4 N–H and O–H groups in total. The van der Waals surface area contributed by atoms with Gasteiger partial charge in [-0.2, -0.15) is 0 Å². The highest BCUT2D eigenvalue weighted by Crippen LogP contribution is 2.64. The van der Waals surface area contributed by atoms with Crippen molar-refractivity contribution < 1.29 is 39.5 Å². The molecule has 296 valence electrons. The maximum atomic E-state index is 11.7. The van der Waals surface area contributed by atoms with E-state index in [-0.39, 0.29) is 70.5 Å². The van der Waals surface area contributed by atoms with Gasteiger partial charge in [0.15, 0.2) is 17.3 Å². The van der Waals surface area contributed by atoms with Crippen molar-refractivity contribution >= 4 is 17.3 Å². The molecule has 7 aliphatic rings. The lowest BCUT2D eigenvalue weighted by atomic mass is 9.56. The highest BCUT2D eigenvalue weighted by molar-refractivity contribution is 5.93. The number of aliphatic hydroxyl groups excluding tert-OH is 3. The summed E-state index contributed by atoms with van der Waals surface area (Å²) >= 11 is 0. The van der Waals surface area contributed by atoms with Gasteiger partial charge in [0.05, 0.1) is 25.4 Å². The van der Waals surface area contributed by atoms with Gasteiger partial charge in [-0.1, -0.05) is 63.8 Å². The number of allylic oxidation sites excluding steroid dienone is 7. The minimum Gasteiger partial charge on any atom is -0.393 e. The topological polar surface area (TPSA) is 145 Å². The molecule has 0 radical (unpaired) electrons. The van der Waals surface area contributed by atoms with Gasteiger partial charge in [0.25, 0.3) is 0 Å². The molecular weight excluding hydrogens is 668 g/mol. The number of ketones is 3. The van der Waals surface area contributed by atoms with Gasteiger partial charge >= 0.3 is 0 Å². The molecule has 1 heterocycles. The molecule has 0 aromatic heterocycles. The number of rotatable bonds is 4. The molecular formula is C45H68O8. The van der Waals surface area contributed by atoms with Crippen LogP contribution in [0, 0.1) is 39.9 Å². The summed E-state index contributed by atoms with van der Waals surface area (Å²) in [7, 11) is 0. The van der Waals surface area contributed by atoms with Crippen LogP contribution in [0.3, 0.4) is 0 Å². The van der Waals surface area contributed by atoms with E-state index >= 15 is 0 Å². The van der Waals surface area contributed by atoms with Crippen LogP contribution in [0.15, 0.2) is 46.1 Å². The van der Waals surface area contributed by atoms with Gasteiger partial charge in [-0.15, -0.1) is 0 Å². The smallest absolute Gasteiger partial charge is 0.155 e. The van der Waals surface area contributed by atoms with Gasteiger partial charge in [0.2, 0.25) is 0 Å². The molecule has 3 saturated carbocycles. The van der Waals surface area contributed by atoms with E-state index in [1.54, 1.807) is 6.92 Å². The molecule has 1 aliphatic heterocycles. The molecule has 0 amide bonds. The van der Waals surface area contributed by atoms with Crippen LogP contribution >= 0.6 is 0 Å². The summed E-state index contributed by atoms with van der Waals surface area (Å²) in [4.78, 5) is 34.9. The van der Waals surface area contributed by atoms with Crippen molar-refractivity contribution in [3.8, 4) is 0 Å². The third-order valence-corrected chi connectivity index (χ3v) is 15.8. The average molecular weight is 737 g/mol. The first kappa shape index (κ1) is 41.9. The lowest BCUT2D eigenvalue weighted by Gasteiger charge is -2.49. The maximum Gasteiger partial charge on any atom is 0.155 e. The molecule has 7 rings (SSSR count). The van der Waals surface area contributed by atoms with E-state index in [1.165, 1.54) is 22.3 Å². The summed E-state index contributed by atoms with van der Waals surface area (Å²) in [5.41, 5.74) is 5.09. The fourth-order valence-electron chi connectivity index (χ4n) is 10.8. The molecule has 1 saturated heterocycles. The van der Waals surface area contributed by atoms with Crippen molar-refractivity contribution in [3.63, 3.8) is 0 Å². The molecule has 8 nitrogen and oxygen atoms in total. The first-order chi connectivity index (χ1) is 24.6. The van der Waals surface area contributed by atoms with Gasteiger partial charge in [0.1, 0.15) is 11.2 Å². The second-order valence-corrected chi connectivity index (χ2v) is 19.3. The highest BCUT2D eigenvalue weighted by Gasteiger charge is 2.70. The predicted molar refractivity (Wildman–Crippen MR) is 207 cm³/mol. The van der Waals surface area contributed by atoms with Crippen LogP contribution in [0.2, 0.25) is 0 Å². The highest BCUT2D eigenvalue weighted by atomic mass is 16.6. The number of carbonyl (C=O) groups is 3. The Kier molecular flexibility index (Phi) is 11.9. The third kappa shape index (κ3) is 7.79. The average Bonchev–Trinajstić information content (AvgIpc) is 3.67. The molecule has 0 bridgehead atoms. The Labute approximate surface area is 318 Å². The first-order valence-corrected chi connectivity index (χ1v) is 20.3. The van der Waals surface area contributed by atoms with Gasteiger partial charge in [0, 0.05) is 19.3 Å². The van der Waals surface area contributed by atoms with Crippen LogP contribution in [0.25, 0.3) is 0 Å². The van der Waals surface area contributed by atoms with Crippen molar-refractivity contribution in [2.45, 2.75) is 156 Å². The second-order valence-electron chi connectivity index (χ2n) is 19.3. The van der Waals surface area contributed by atoms with E-state index in [4.69, 9.17) is 4.74 Å². The molecule has 4 unspecified atom stereocenters. The fraction of sp³-hybridized carbons (Fsp3) is 0.756. The lowest BCUT2D eigenvalue weighted by molar-refractivity contribution is -0.119. The van der Waals surface area contributed by atoms with Crippen molar-refractivity contribution in [2.24, 2.45) is 39.9 Å². The van der Waals surface area contributed by atoms with Crippen molar-refractivity contribution in [1.29, 1.82) is 0 Å². The zero-order valence-corrected chi connectivity index (χ0v) is 34.1. The number of ether oxygens (including phenoxy) is 1. The molecule has 0 aromatic carbocycles. The molecule has 0 aromatic rings. The second kappa shape index (κ2) is 15.0. The lowest BCUT2D eigenvalue weighted by Crippen LogP contribution is -2.47. The summed E-state index contributed by atoms with van der Waals surface area (Å²) in [5.74, 6) is 2.01. The molecule has 6 aliphatic carbocycles. The van der Waals surface area contributed by atoms with Gasteiger partial charge in [-0.05, 0) is 142 Å². The zero-order valence-electron chi connectivity index (χ0n) is 34.1. The van der Waals surface area contributed by atoms with Crippen molar-refractivity contribution in [2.75, 3.05) is 19.8 Å². The van der Waals surface area contributed by atoms with E-state index in [1.807, 2.05) is 32.1 Å². The number of aliphatic hydroxyl groups is 4. The maximum absolute atomic E-state index is 11.7. The SMILES string of the molecule is C/C(CO)=C1/CCC2=CC(=O)C[C@@H](C)[C@]2(C)C1.C[C@@H]1CC(=O)C=C2CCC(C(C)(O)CO)C[C@]21C.C[C@@H]1CC(=O)C=C2CCC3(C[C@]21C)OC3(C)CO. The summed E-state index contributed by atoms with van der Waals surface area (Å²) in [5, 5.41) is 38.3. The van der Waals surface area contributed by atoms with E-state index in [9.17, 15) is 34.8 Å². The number of hydrogen-bond acceptors (Lipinski definition) is 8. The summed E-state index contributed by atoms with van der Waals surface area (Å²) in [6.45, 7) is 19.0. The van der Waals surface area contributed by atoms with E-state index in [0.717, 1.165) is 63.4 Å². The van der Waals surface area contributed by atoms with Crippen LogP contribution < -0.4 is 0 Å². The predicted octanol–water partition coefficient (Wildman–Crippen LogP) is 7.32. The largest absolute Gasteiger partial charge is 0.393 e. The molecule has 1 spiro atoms. The van der Waals surface area contributed by atoms with Crippen LogP contribution in [-0.2, 0) is 19.1 Å². The Hall–Kier alpha value is -2.23. The van der Waals surface area contributed by atoms with Gasteiger partial charge < -0.3 is 25.2 Å². The quantitative estimate of drug-likeness (QED) is 0.174. The molecule has 4 fully saturated rings. The summed E-state index contributed by atoms with van der Waals surface area (Å²) in [6, 6.07) is 0. The van der Waals surface area contributed by atoms with Gasteiger partial charge in [-0.25, -0.2) is 0 Å². The third-order valence-electron chi connectivity index (χ3n) is 15.8. The number of fused-ring (bicyclic) bond motifs is 3. The summed E-state index contributed by atoms with van der Waals surface area (Å²) < 4.78 is 5.91. The number of epoxide rings is 1. The van der Waals surface area contributed by atoms with E-state index < -0.39 is 5.60 Å². The van der Waals surface area contributed by atoms with Crippen LogP contribution in [0.5, 0.6) is 0 Å². The van der Waals surface area contributed by atoms with Crippen molar-refractivity contribution in [1.82, 2.24) is 0 Å². The molecule has 10 atom stereocenters. The Bertz CT molecular complexity index is 1590. The molecule has 8 heteroatoms. The monoisotopic (exact) mass is 736 g/mol. The Morgan fingerprint density at radius 2 is 1.28 bits per heavy atom. The summed E-state index contributed by atoms with van der Waals surface area (Å²) in [6.07, 6.45) is 15.9. The Morgan fingerprint density at radius 3 is 1.79 bits per heavy atom. The zero-order chi connectivity index (χ0) is 39.4. The van der Waals surface area contributed by atoms with Gasteiger partial charge in [-0.3, -0.25) is 14.4 Å².